The Balaban J connectivity index is 2.04. The quantitative estimate of drug-likeness (QED) is 0.813. The van der Waals surface area contributed by atoms with Crippen molar-refractivity contribution in [2.24, 2.45) is 5.73 Å². The van der Waals surface area contributed by atoms with Gasteiger partial charge in [0.1, 0.15) is 0 Å². The van der Waals surface area contributed by atoms with Gasteiger partial charge in [-0.25, -0.2) is 0 Å². The maximum Gasteiger partial charge on any atom is 0.0820 e. The van der Waals surface area contributed by atoms with Gasteiger partial charge >= 0.3 is 0 Å². The fourth-order valence-corrected chi connectivity index (χ4v) is 2.20. The van der Waals surface area contributed by atoms with Crippen molar-refractivity contribution in [2.45, 2.75) is 37.8 Å². The van der Waals surface area contributed by atoms with Crippen molar-refractivity contribution >= 4 is 17.3 Å². The third-order valence-corrected chi connectivity index (χ3v) is 3.23. The lowest BCUT2D eigenvalue weighted by atomic mass is 9.91. The molecule has 1 aromatic heterocycles. The first-order valence-electron chi connectivity index (χ1n) is 5.39. The van der Waals surface area contributed by atoms with E-state index < -0.39 is 0 Å². The fraction of sp³-hybridized carbons (Fsp3) is 0.545. The highest BCUT2D eigenvalue weighted by Crippen LogP contribution is 2.25. The minimum atomic E-state index is 0.239. The van der Waals surface area contributed by atoms with Crippen molar-refractivity contribution < 1.29 is 0 Å². The van der Waals surface area contributed by atoms with Crippen LogP contribution in [-0.2, 0) is 0 Å². The number of nitrogens with one attached hydrogen (secondary N) is 1. The molecule has 2 atom stereocenters. The lowest BCUT2D eigenvalue weighted by molar-refractivity contribution is 0.404. The zero-order chi connectivity index (χ0) is 10.7. The molecule has 2 unspecified atom stereocenters. The Bertz CT molecular complexity index is 329. The maximum absolute atomic E-state index is 6.06. The molecule has 2 rings (SSSR count). The van der Waals surface area contributed by atoms with E-state index in [1.165, 1.54) is 12.8 Å². The van der Waals surface area contributed by atoms with Crippen molar-refractivity contribution in [1.29, 1.82) is 0 Å². The first kappa shape index (κ1) is 10.7. The van der Waals surface area contributed by atoms with E-state index in [9.17, 15) is 0 Å². The van der Waals surface area contributed by atoms with Gasteiger partial charge < -0.3 is 11.1 Å². The highest BCUT2D eigenvalue weighted by molar-refractivity contribution is 6.33. The number of hydrogen-bond acceptors (Lipinski definition) is 3. The molecule has 0 aromatic carbocycles. The molecule has 3 N–H and O–H groups in total. The predicted molar refractivity (Wildman–Crippen MR) is 63.1 cm³/mol. The Morgan fingerprint density at radius 1 is 1.40 bits per heavy atom. The summed E-state index contributed by atoms with van der Waals surface area (Å²) in [6.45, 7) is 0. The van der Waals surface area contributed by atoms with E-state index in [1.807, 2.05) is 6.07 Å². The highest BCUT2D eigenvalue weighted by atomic mass is 35.5. The second-order valence-corrected chi connectivity index (χ2v) is 4.46. The molecule has 0 bridgehead atoms. The summed E-state index contributed by atoms with van der Waals surface area (Å²) < 4.78 is 0. The fourth-order valence-electron chi connectivity index (χ4n) is 2.03. The number of aromatic nitrogens is 1. The summed E-state index contributed by atoms with van der Waals surface area (Å²) in [7, 11) is 0. The molecule has 0 radical (unpaired) electrons. The smallest absolute Gasteiger partial charge is 0.0820 e. The monoisotopic (exact) mass is 225 g/mol. The second kappa shape index (κ2) is 4.81. The van der Waals surface area contributed by atoms with Gasteiger partial charge in [0.05, 0.1) is 10.7 Å². The minimum Gasteiger partial charge on any atom is -0.379 e. The number of rotatable bonds is 2. The Morgan fingerprint density at radius 2 is 2.20 bits per heavy atom. The molecule has 82 valence electrons. The van der Waals surface area contributed by atoms with Gasteiger partial charge in [0.25, 0.3) is 0 Å². The summed E-state index contributed by atoms with van der Waals surface area (Å²) in [6.07, 6.45) is 8.10. The van der Waals surface area contributed by atoms with Gasteiger partial charge in [-0.15, -0.1) is 0 Å². The van der Waals surface area contributed by atoms with Crippen LogP contribution in [0.15, 0.2) is 18.5 Å². The first-order valence-corrected chi connectivity index (χ1v) is 5.77. The molecule has 1 aliphatic carbocycles. The SMILES string of the molecule is NC1CCCCC1Nc1ccncc1Cl. The van der Waals surface area contributed by atoms with E-state index >= 15 is 0 Å². The van der Waals surface area contributed by atoms with E-state index in [4.69, 9.17) is 17.3 Å². The maximum atomic E-state index is 6.06. The molecule has 4 heteroatoms. The molecule has 0 saturated heterocycles. The van der Waals surface area contributed by atoms with Crippen LogP contribution in [0.3, 0.4) is 0 Å². The molecule has 0 aliphatic heterocycles. The molecule has 15 heavy (non-hydrogen) atoms. The van der Waals surface area contributed by atoms with Crippen LogP contribution in [0.5, 0.6) is 0 Å². The average molecular weight is 226 g/mol. The van der Waals surface area contributed by atoms with Crippen molar-refractivity contribution in [2.75, 3.05) is 5.32 Å². The zero-order valence-electron chi connectivity index (χ0n) is 8.62. The van der Waals surface area contributed by atoms with Crippen LogP contribution >= 0.6 is 11.6 Å². The molecule has 0 spiro atoms. The summed E-state index contributed by atoms with van der Waals surface area (Å²) in [5.74, 6) is 0. The summed E-state index contributed by atoms with van der Waals surface area (Å²) in [5.41, 5.74) is 6.99. The van der Waals surface area contributed by atoms with E-state index in [2.05, 4.69) is 10.3 Å². The normalized spacial score (nSPS) is 26.3. The zero-order valence-corrected chi connectivity index (χ0v) is 9.37. The molecule has 1 heterocycles. The average Bonchev–Trinajstić information content (AvgIpc) is 2.24. The first-order chi connectivity index (χ1) is 7.27. The second-order valence-electron chi connectivity index (χ2n) is 4.05. The Labute approximate surface area is 95.0 Å². The molecule has 1 aromatic rings. The lowest BCUT2D eigenvalue weighted by Gasteiger charge is -2.30. The summed E-state index contributed by atoms with van der Waals surface area (Å²) >= 11 is 6.03. The van der Waals surface area contributed by atoms with Gasteiger partial charge in [0.2, 0.25) is 0 Å². The van der Waals surface area contributed by atoms with Crippen LogP contribution in [-0.4, -0.2) is 17.1 Å². The van der Waals surface area contributed by atoms with E-state index in [0.717, 1.165) is 18.5 Å². The van der Waals surface area contributed by atoms with Gasteiger partial charge in [0, 0.05) is 24.5 Å². The van der Waals surface area contributed by atoms with Crippen molar-refractivity contribution in [3.8, 4) is 0 Å². The Morgan fingerprint density at radius 3 is 2.93 bits per heavy atom. The van der Waals surface area contributed by atoms with Gasteiger partial charge in [-0.1, -0.05) is 24.4 Å². The van der Waals surface area contributed by atoms with Crippen LogP contribution in [0.2, 0.25) is 5.02 Å². The highest BCUT2D eigenvalue weighted by Gasteiger charge is 2.21. The lowest BCUT2D eigenvalue weighted by Crippen LogP contribution is -2.42. The van der Waals surface area contributed by atoms with E-state index in [-0.39, 0.29) is 6.04 Å². The third-order valence-electron chi connectivity index (χ3n) is 2.93. The van der Waals surface area contributed by atoms with Gasteiger partial charge in [0.15, 0.2) is 0 Å². The molecule has 1 aliphatic rings. The van der Waals surface area contributed by atoms with Gasteiger partial charge in [-0.05, 0) is 18.9 Å². The van der Waals surface area contributed by atoms with Crippen LogP contribution in [0, 0.1) is 0 Å². The van der Waals surface area contributed by atoms with Crippen LogP contribution in [0.1, 0.15) is 25.7 Å². The van der Waals surface area contributed by atoms with E-state index in [1.54, 1.807) is 12.4 Å². The number of nitrogens with two attached hydrogens (primary N) is 1. The molecule has 3 nitrogen and oxygen atoms in total. The topological polar surface area (TPSA) is 50.9 Å². The van der Waals surface area contributed by atoms with Crippen molar-refractivity contribution in [3.63, 3.8) is 0 Å². The largest absolute Gasteiger partial charge is 0.379 e. The van der Waals surface area contributed by atoms with Crippen LogP contribution < -0.4 is 11.1 Å². The summed E-state index contributed by atoms with van der Waals surface area (Å²) in [5, 5.41) is 4.06. The van der Waals surface area contributed by atoms with Crippen molar-refractivity contribution in [3.05, 3.63) is 23.5 Å². The summed E-state index contributed by atoms with van der Waals surface area (Å²) in [4.78, 5) is 3.95. The number of pyridine rings is 1. The Hall–Kier alpha value is -0.800. The van der Waals surface area contributed by atoms with Gasteiger partial charge in [-0.2, -0.15) is 0 Å². The molecule has 0 amide bonds. The standard InChI is InChI=1S/C11H16ClN3/c12-8-7-14-6-5-10(8)15-11-4-2-1-3-9(11)13/h5-7,9,11H,1-4,13H2,(H,14,15). The minimum absolute atomic E-state index is 0.239. The molecular formula is C11H16ClN3. The Kier molecular flexibility index (Phi) is 3.44. The number of anilines is 1. The van der Waals surface area contributed by atoms with Crippen molar-refractivity contribution in [1.82, 2.24) is 4.98 Å². The van der Waals surface area contributed by atoms with Gasteiger partial charge in [-0.3, -0.25) is 4.98 Å². The van der Waals surface area contributed by atoms with E-state index in [0.29, 0.717) is 11.1 Å². The summed E-state index contributed by atoms with van der Waals surface area (Å²) in [6, 6.07) is 2.48. The number of nitrogens with zero attached hydrogens (tertiary/aromatic N) is 1. The third kappa shape index (κ3) is 2.61. The molecular weight excluding hydrogens is 210 g/mol. The molecule has 1 fully saturated rings. The van der Waals surface area contributed by atoms with Crippen LogP contribution in [0.25, 0.3) is 0 Å². The predicted octanol–water partition coefficient (Wildman–Crippen LogP) is 2.42. The number of hydrogen-bond donors (Lipinski definition) is 2. The van der Waals surface area contributed by atoms with Crippen LogP contribution in [0.4, 0.5) is 5.69 Å². The molecule has 1 saturated carbocycles. The number of halogens is 1.